The van der Waals surface area contributed by atoms with Crippen LogP contribution in [0.4, 0.5) is 19.0 Å². The van der Waals surface area contributed by atoms with E-state index in [1.54, 1.807) is 15.9 Å². The fraction of sp³-hybridized carbons (Fsp3) is 0.611. The molecule has 4 heterocycles. The van der Waals surface area contributed by atoms with Crippen LogP contribution >= 0.6 is 0 Å². The lowest BCUT2D eigenvalue weighted by atomic mass is 9.95. The van der Waals surface area contributed by atoms with Gasteiger partial charge in [-0.15, -0.1) is 15.3 Å². The molecule has 0 unspecified atom stereocenters. The molecule has 12 heteroatoms. The first-order chi connectivity index (χ1) is 14.2. The number of hydrogen-bond donors (Lipinski definition) is 0. The van der Waals surface area contributed by atoms with Crippen LogP contribution in [0.1, 0.15) is 25.6 Å². The highest BCUT2D eigenvalue weighted by Gasteiger charge is 2.38. The van der Waals surface area contributed by atoms with Crippen LogP contribution in [0.2, 0.25) is 0 Å². The SMILES string of the molecule is CC(=O)N1CCN(C(=O)C2CCN(c3ccc4nnc(C(F)(F)F)n4n3)CC2)CC1. The second kappa shape index (κ2) is 7.73. The second-order valence-corrected chi connectivity index (χ2v) is 7.58. The Morgan fingerprint density at radius 3 is 2.20 bits per heavy atom. The third kappa shape index (κ3) is 3.90. The molecule has 2 aliphatic rings. The normalized spacial score (nSPS) is 18.9. The Hall–Kier alpha value is -2.92. The van der Waals surface area contributed by atoms with Crippen LogP contribution in [-0.4, -0.2) is 80.7 Å². The van der Waals surface area contributed by atoms with E-state index in [1.807, 2.05) is 4.90 Å². The van der Waals surface area contributed by atoms with Crippen molar-refractivity contribution in [3.8, 4) is 0 Å². The molecule has 0 saturated carbocycles. The molecule has 0 atom stereocenters. The van der Waals surface area contributed by atoms with Crippen molar-refractivity contribution in [2.75, 3.05) is 44.2 Å². The molecule has 2 amide bonds. The van der Waals surface area contributed by atoms with E-state index in [-0.39, 0.29) is 23.4 Å². The Labute approximate surface area is 170 Å². The number of amides is 2. The Kier molecular flexibility index (Phi) is 5.24. The molecule has 30 heavy (non-hydrogen) atoms. The number of rotatable bonds is 2. The zero-order valence-corrected chi connectivity index (χ0v) is 16.5. The Morgan fingerprint density at radius 2 is 1.60 bits per heavy atom. The zero-order chi connectivity index (χ0) is 21.5. The maximum absolute atomic E-state index is 13.1. The lowest BCUT2D eigenvalue weighted by molar-refractivity contribution is -0.146. The standard InChI is InChI=1S/C18H22F3N7O2/c1-12(29)25-8-10-27(11-9-25)16(30)13-4-6-26(7-5-13)15-3-2-14-22-23-17(18(19,20)21)28(14)24-15/h2-3,13H,4-11H2,1H3. The minimum atomic E-state index is -4.64. The largest absolute Gasteiger partial charge is 0.453 e. The fourth-order valence-electron chi connectivity index (χ4n) is 3.98. The van der Waals surface area contributed by atoms with Gasteiger partial charge in [0.15, 0.2) is 5.65 Å². The summed E-state index contributed by atoms with van der Waals surface area (Å²) in [6, 6.07) is 3.07. The molecule has 2 aromatic rings. The maximum atomic E-state index is 13.1. The van der Waals surface area contributed by atoms with Gasteiger partial charge in [-0.3, -0.25) is 9.59 Å². The zero-order valence-electron chi connectivity index (χ0n) is 16.5. The Bertz CT molecular complexity index is 945. The van der Waals surface area contributed by atoms with Gasteiger partial charge in [-0.1, -0.05) is 0 Å². The van der Waals surface area contributed by atoms with E-state index in [0.29, 0.717) is 62.4 Å². The van der Waals surface area contributed by atoms with Gasteiger partial charge >= 0.3 is 6.18 Å². The summed E-state index contributed by atoms with van der Waals surface area (Å²) in [5, 5.41) is 10.8. The van der Waals surface area contributed by atoms with Crippen LogP contribution < -0.4 is 4.90 Å². The predicted octanol–water partition coefficient (Wildman–Crippen LogP) is 1.05. The quantitative estimate of drug-likeness (QED) is 0.715. The van der Waals surface area contributed by atoms with E-state index in [0.717, 1.165) is 0 Å². The third-order valence-corrected chi connectivity index (χ3v) is 5.71. The number of anilines is 1. The molecule has 0 spiro atoms. The first-order valence-corrected chi connectivity index (χ1v) is 9.83. The van der Waals surface area contributed by atoms with Crippen molar-refractivity contribution in [1.29, 1.82) is 0 Å². The van der Waals surface area contributed by atoms with Gasteiger partial charge in [0.2, 0.25) is 11.8 Å². The maximum Gasteiger partial charge on any atom is 0.453 e. The van der Waals surface area contributed by atoms with Crippen LogP contribution in [0.3, 0.4) is 0 Å². The van der Waals surface area contributed by atoms with Crippen LogP contribution in [-0.2, 0) is 15.8 Å². The van der Waals surface area contributed by atoms with Crippen LogP contribution in [0.25, 0.3) is 5.65 Å². The molecule has 4 rings (SSSR count). The number of piperidine rings is 1. The van der Waals surface area contributed by atoms with Gasteiger partial charge in [0.25, 0.3) is 5.82 Å². The Morgan fingerprint density at radius 1 is 0.967 bits per heavy atom. The summed E-state index contributed by atoms with van der Waals surface area (Å²) in [4.78, 5) is 29.6. The van der Waals surface area contributed by atoms with E-state index < -0.39 is 12.0 Å². The minimum absolute atomic E-state index is 0.0154. The predicted molar refractivity (Wildman–Crippen MR) is 99.6 cm³/mol. The molecule has 2 aromatic heterocycles. The second-order valence-electron chi connectivity index (χ2n) is 7.58. The molecule has 0 aromatic carbocycles. The highest BCUT2D eigenvalue weighted by molar-refractivity contribution is 5.80. The number of alkyl halides is 3. The number of piperazine rings is 1. The molecule has 0 N–H and O–H groups in total. The lowest BCUT2D eigenvalue weighted by Crippen LogP contribution is -2.52. The molecule has 2 fully saturated rings. The van der Waals surface area contributed by atoms with Crippen LogP contribution in [0.5, 0.6) is 0 Å². The van der Waals surface area contributed by atoms with Gasteiger partial charge in [0.1, 0.15) is 5.82 Å². The van der Waals surface area contributed by atoms with Crippen molar-refractivity contribution < 1.29 is 22.8 Å². The monoisotopic (exact) mass is 425 g/mol. The summed E-state index contributed by atoms with van der Waals surface area (Å²) in [5.41, 5.74) is 0.0286. The van der Waals surface area contributed by atoms with E-state index in [9.17, 15) is 22.8 Å². The van der Waals surface area contributed by atoms with Crippen molar-refractivity contribution >= 4 is 23.3 Å². The van der Waals surface area contributed by atoms with E-state index in [1.165, 1.54) is 13.0 Å². The summed E-state index contributed by atoms with van der Waals surface area (Å²) in [5.74, 6) is -0.793. The molecule has 0 aliphatic carbocycles. The topological polar surface area (TPSA) is 86.9 Å². The van der Waals surface area contributed by atoms with E-state index in [2.05, 4.69) is 15.3 Å². The summed E-state index contributed by atoms with van der Waals surface area (Å²) in [6.07, 6.45) is -3.45. The molecule has 2 aliphatic heterocycles. The molecular formula is C18H22F3N7O2. The molecule has 9 nitrogen and oxygen atoms in total. The van der Waals surface area contributed by atoms with Gasteiger partial charge in [-0.05, 0) is 25.0 Å². The highest BCUT2D eigenvalue weighted by Crippen LogP contribution is 2.29. The molecule has 162 valence electrons. The van der Waals surface area contributed by atoms with Gasteiger partial charge in [-0.2, -0.15) is 17.7 Å². The fourth-order valence-corrected chi connectivity index (χ4v) is 3.98. The highest BCUT2D eigenvalue weighted by atomic mass is 19.4. The van der Waals surface area contributed by atoms with Gasteiger partial charge in [-0.25, -0.2) is 0 Å². The number of halogens is 3. The summed E-state index contributed by atoms with van der Waals surface area (Å²) >= 11 is 0. The smallest absolute Gasteiger partial charge is 0.355 e. The van der Waals surface area contributed by atoms with Crippen molar-refractivity contribution in [2.45, 2.75) is 25.9 Å². The average Bonchev–Trinajstić information content (AvgIpc) is 3.17. The number of hydrogen-bond acceptors (Lipinski definition) is 6. The van der Waals surface area contributed by atoms with Crippen molar-refractivity contribution in [1.82, 2.24) is 29.6 Å². The first-order valence-electron chi connectivity index (χ1n) is 9.83. The molecule has 0 bridgehead atoms. The summed E-state index contributed by atoms with van der Waals surface area (Å²) in [7, 11) is 0. The van der Waals surface area contributed by atoms with Crippen molar-refractivity contribution in [3.05, 3.63) is 18.0 Å². The molecular weight excluding hydrogens is 403 g/mol. The summed E-state index contributed by atoms with van der Waals surface area (Å²) in [6.45, 7) is 4.72. The van der Waals surface area contributed by atoms with Crippen LogP contribution in [0, 0.1) is 5.92 Å². The first kappa shape index (κ1) is 20.4. The number of aromatic nitrogens is 4. The third-order valence-electron chi connectivity index (χ3n) is 5.71. The average molecular weight is 425 g/mol. The van der Waals surface area contributed by atoms with Crippen LogP contribution in [0.15, 0.2) is 12.1 Å². The van der Waals surface area contributed by atoms with Crippen molar-refractivity contribution in [3.63, 3.8) is 0 Å². The van der Waals surface area contributed by atoms with E-state index >= 15 is 0 Å². The van der Waals surface area contributed by atoms with Gasteiger partial charge in [0.05, 0.1) is 0 Å². The minimum Gasteiger partial charge on any atom is -0.355 e. The number of nitrogens with zero attached hydrogens (tertiary/aromatic N) is 7. The van der Waals surface area contributed by atoms with Crippen molar-refractivity contribution in [2.24, 2.45) is 5.92 Å². The number of carbonyl (C=O) groups is 2. The van der Waals surface area contributed by atoms with Gasteiger partial charge < -0.3 is 14.7 Å². The number of carbonyl (C=O) groups excluding carboxylic acids is 2. The van der Waals surface area contributed by atoms with Gasteiger partial charge in [0, 0.05) is 52.1 Å². The Balaban J connectivity index is 1.39. The molecule has 0 radical (unpaired) electrons. The molecule has 2 saturated heterocycles. The lowest BCUT2D eigenvalue weighted by Gasteiger charge is -2.38. The summed E-state index contributed by atoms with van der Waals surface area (Å²) < 4.78 is 39.9. The number of fused-ring (bicyclic) bond motifs is 1. The van der Waals surface area contributed by atoms with E-state index in [4.69, 9.17) is 0 Å².